The lowest BCUT2D eigenvalue weighted by Crippen LogP contribution is -2.37. The van der Waals surface area contributed by atoms with E-state index in [0.29, 0.717) is 19.4 Å². The molecule has 0 aliphatic carbocycles. The van der Waals surface area contributed by atoms with Gasteiger partial charge in [-0.1, -0.05) is 51.4 Å². The maximum atomic E-state index is 11.7. The molecule has 0 aromatic heterocycles. The zero-order valence-electron chi connectivity index (χ0n) is 13.2. The van der Waals surface area contributed by atoms with Crippen LogP contribution < -0.4 is 5.32 Å². The van der Waals surface area contributed by atoms with Gasteiger partial charge in [0.05, 0.1) is 6.61 Å². The maximum absolute atomic E-state index is 11.7. The van der Waals surface area contributed by atoms with E-state index in [0.717, 1.165) is 12.8 Å². The highest BCUT2D eigenvalue weighted by Gasteiger charge is 2.27. The molecule has 0 aromatic rings. The molecule has 5 heteroatoms. The summed E-state index contributed by atoms with van der Waals surface area (Å²) in [5, 5.41) is 2.76. The van der Waals surface area contributed by atoms with Crippen molar-refractivity contribution < 1.29 is 14.3 Å². The number of amides is 1. The number of ether oxygens (including phenoxy) is 1. The van der Waals surface area contributed by atoms with Crippen molar-refractivity contribution in [2.24, 2.45) is 0 Å². The lowest BCUT2D eigenvalue weighted by Gasteiger charge is -2.21. The van der Waals surface area contributed by atoms with Crippen molar-refractivity contribution >= 4 is 20.0 Å². The minimum atomic E-state index is -1.05. The molecule has 1 rings (SSSR count). The number of esters is 1. The van der Waals surface area contributed by atoms with Gasteiger partial charge in [0.25, 0.3) is 0 Å². The molecule has 1 heterocycles. The van der Waals surface area contributed by atoms with Crippen LogP contribution in [-0.2, 0) is 14.3 Å². The Morgan fingerprint density at radius 3 is 2.60 bits per heavy atom. The van der Waals surface area contributed by atoms with E-state index in [1.807, 2.05) is 0 Å². The molecule has 1 fully saturated rings. The smallest absolute Gasteiger partial charge is 0.328 e. The highest BCUT2D eigenvalue weighted by atomic mass is 28.3. The van der Waals surface area contributed by atoms with Crippen LogP contribution in [0.2, 0.25) is 25.2 Å². The Bertz CT molecular complexity index is 331. The van der Waals surface area contributed by atoms with Crippen LogP contribution in [0.15, 0.2) is 0 Å². The Morgan fingerprint density at radius 1 is 1.30 bits per heavy atom. The van der Waals surface area contributed by atoms with Crippen molar-refractivity contribution in [3.8, 4) is 0 Å². The summed E-state index contributed by atoms with van der Waals surface area (Å²) in [6.45, 7) is 7.55. The van der Waals surface area contributed by atoms with E-state index in [2.05, 4.69) is 25.3 Å². The first kappa shape index (κ1) is 17.2. The summed E-state index contributed by atoms with van der Waals surface area (Å²) in [5.74, 6) is -0.298. The molecule has 116 valence electrons. The van der Waals surface area contributed by atoms with E-state index in [1.54, 1.807) is 0 Å². The van der Waals surface area contributed by atoms with Crippen LogP contribution in [0.5, 0.6) is 0 Å². The van der Waals surface area contributed by atoms with Crippen molar-refractivity contribution in [3.05, 3.63) is 0 Å². The van der Waals surface area contributed by atoms with Gasteiger partial charge in [-0.2, -0.15) is 0 Å². The monoisotopic (exact) mass is 299 g/mol. The van der Waals surface area contributed by atoms with Crippen molar-refractivity contribution in [3.63, 3.8) is 0 Å². The molecule has 0 spiro atoms. The predicted molar refractivity (Wildman–Crippen MR) is 83.4 cm³/mol. The van der Waals surface area contributed by atoms with Gasteiger partial charge < -0.3 is 10.1 Å². The molecular formula is C15H29NO3Si. The molecule has 0 bridgehead atoms. The molecule has 20 heavy (non-hydrogen) atoms. The molecule has 0 aromatic carbocycles. The summed E-state index contributed by atoms with van der Waals surface area (Å²) in [6, 6.07) is 2.29. The molecule has 1 N–H and O–H groups in total. The average molecular weight is 299 g/mol. The lowest BCUT2D eigenvalue weighted by molar-refractivity contribution is -0.141. The first-order valence-electron chi connectivity index (χ1n) is 7.90. The van der Waals surface area contributed by atoms with Crippen LogP contribution >= 0.6 is 0 Å². The second-order valence-corrected chi connectivity index (χ2v) is 11.9. The summed E-state index contributed by atoms with van der Waals surface area (Å²) in [6.07, 6.45) is 5.81. The van der Waals surface area contributed by atoms with Crippen LogP contribution in [0.1, 0.15) is 45.4 Å². The van der Waals surface area contributed by atoms with Gasteiger partial charge in [-0.3, -0.25) is 4.79 Å². The molecule has 1 aliphatic rings. The van der Waals surface area contributed by atoms with Gasteiger partial charge in [0.2, 0.25) is 5.91 Å². The van der Waals surface area contributed by atoms with E-state index in [9.17, 15) is 9.59 Å². The number of carbonyl (C=O) groups is 2. The van der Waals surface area contributed by atoms with Crippen molar-refractivity contribution in [2.45, 2.75) is 76.7 Å². The molecule has 0 radical (unpaired) electrons. The van der Waals surface area contributed by atoms with Gasteiger partial charge in [-0.25, -0.2) is 4.79 Å². The minimum absolute atomic E-state index is 0.0121. The predicted octanol–water partition coefficient (Wildman–Crippen LogP) is 3.10. The van der Waals surface area contributed by atoms with Crippen LogP contribution in [-0.4, -0.2) is 32.6 Å². The summed E-state index contributed by atoms with van der Waals surface area (Å²) < 4.78 is 4.83. The van der Waals surface area contributed by atoms with Crippen LogP contribution in [0.25, 0.3) is 0 Å². The number of cyclic esters (lactones) is 1. The van der Waals surface area contributed by atoms with Gasteiger partial charge >= 0.3 is 5.97 Å². The molecule has 1 amide bonds. The van der Waals surface area contributed by atoms with Gasteiger partial charge in [0.1, 0.15) is 6.04 Å². The summed E-state index contributed by atoms with van der Waals surface area (Å²) >= 11 is 0. The van der Waals surface area contributed by atoms with Crippen LogP contribution in [0, 0.1) is 0 Å². The maximum Gasteiger partial charge on any atom is 0.328 e. The number of hydrogen-bond acceptors (Lipinski definition) is 3. The largest absolute Gasteiger partial charge is 0.464 e. The molecule has 0 saturated carbocycles. The number of rotatable bonds is 9. The number of unbranched alkanes of at least 4 members (excludes halogenated alkanes) is 2. The van der Waals surface area contributed by atoms with Gasteiger partial charge in [0, 0.05) is 20.9 Å². The molecule has 1 aliphatic heterocycles. The van der Waals surface area contributed by atoms with Crippen molar-refractivity contribution in [1.82, 2.24) is 5.32 Å². The van der Waals surface area contributed by atoms with E-state index < -0.39 is 14.1 Å². The minimum Gasteiger partial charge on any atom is -0.464 e. The second kappa shape index (κ2) is 8.45. The van der Waals surface area contributed by atoms with Crippen molar-refractivity contribution in [2.75, 3.05) is 6.61 Å². The van der Waals surface area contributed by atoms with Crippen molar-refractivity contribution in [1.29, 1.82) is 0 Å². The number of hydrogen-bond donors (Lipinski definition) is 1. The Balaban J connectivity index is 2.11. The quantitative estimate of drug-likeness (QED) is 0.404. The molecular weight excluding hydrogens is 270 g/mol. The zero-order valence-corrected chi connectivity index (χ0v) is 14.2. The van der Waals surface area contributed by atoms with Crippen LogP contribution in [0.4, 0.5) is 0 Å². The van der Waals surface area contributed by atoms with Gasteiger partial charge in [0.15, 0.2) is 0 Å². The Kier molecular flexibility index (Phi) is 7.27. The molecule has 1 unspecified atom stereocenters. The van der Waals surface area contributed by atoms with E-state index >= 15 is 0 Å². The third-order valence-corrected chi connectivity index (χ3v) is 7.40. The van der Waals surface area contributed by atoms with E-state index in [4.69, 9.17) is 4.74 Å². The van der Waals surface area contributed by atoms with Gasteiger partial charge in [-0.05, 0) is 6.42 Å². The fourth-order valence-electron chi connectivity index (χ4n) is 2.56. The summed E-state index contributed by atoms with van der Waals surface area (Å²) in [4.78, 5) is 23.0. The normalized spacial score (nSPS) is 18.9. The Morgan fingerprint density at radius 2 is 2.00 bits per heavy atom. The van der Waals surface area contributed by atoms with E-state index in [-0.39, 0.29) is 11.9 Å². The number of nitrogens with one attached hydrogen (secondary N) is 1. The fraction of sp³-hybridized carbons (Fsp3) is 0.867. The van der Waals surface area contributed by atoms with Crippen LogP contribution in [0.3, 0.4) is 0 Å². The third kappa shape index (κ3) is 6.55. The topological polar surface area (TPSA) is 55.4 Å². The Labute approximate surface area is 123 Å². The Hall–Kier alpha value is -0.843. The van der Waals surface area contributed by atoms with E-state index in [1.165, 1.54) is 24.9 Å². The first-order chi connectivity index (χ1) is 9.44. The molecule has 1 saturated heterocycles. The molecule has 1 atom stereocenters. The highest BCUT2D eigenvalue weighted by Crippen LogP contribution is 2.21. The SMILES string of the molecule is CCCC[Si](C)(C)CCCCC(=O)NC1CCOC1=O. The number of carbonyl (C=O) groups excluding carboxylic acids is 2. The molecule has 4 nitrogen and oxygen atoms in total. The summed E-state index contributed by atoms with van der Waals surface area (Å²) in [5.41, 5.74) is 0. The standard InChI is InChI=1S/C15H29NO3Si/c1-4-5-11-20(2,3)12-7-6-8-14(17)16-13-9-10-19-15(13)18/h13H,4-12H2,1-3H3,(H,16,17). The van der Waals surface area contributed by atoms with Gasteiger partial charge in [-0.15, -0.1) is 0 Å². The average Bonchev–Trinajstić information content (AvgIpc) is 2.78. The zero-order chi connectivity index (χ0) is 15.0. The lowest BCUT2D eigenvalue weighted by atomic mass is 10.2. The second-order valence-electron chi connectivity index (χ2n) is 6.55. The third-order valence-electron chi connectivity index (χ3n) is 3.99. The summed E-state index contributed by atoms with van der Waals surface area (Å²) in [7, 11) is -1.05. The fourth-order valence-corrected chi connectivity index (χ4v) is 5.33. The first-order valence-corrected chi connectivity index (χ1v) is 11.3. The highest BCUT2D eigenvalue weighted by molar-refractivity contribution is 6.77.